The van der Waals surface area contributed by atoms with E-state index in [1.807, 2.05) is 30.3 Å². The molecule has 1 N–H and O–H groups in total. The number of hydrogen-bond donors (Lipinski definition) is 1. The van der Waals surface area contributed by atoms with Gasteiger partial charge in [0.1, 0.15) is 17.3 Å². The molecule has 0 amide bonds. The van der Waals surface area contributed by atoms with Crippen LogP contribution in [0.15, 0.2) is 76.4 Å². The minimum Gasteiger partial charge on any atom is -0.291 e. The fraction of sp³-hybridized carbons (Fsp3) is 0. The molecule has 0 radical (unpaired) electrons. The summed E-state index contributed by atoms with van der Waals surface area (Å²) in [5, 5.41) is 9.54. The molecule has 0 atom stereocenters. The summed E-state index contributed by atoms with van der Waals surface area (Å²) in [6, 6.07) is 20.0. The molecule has 0 saturated carbocycles. The van der Waals surface area contributed by atoms with E-state index in [-0.39, 0.29) is 11.2 Å². The molecule has 0 saturated heterocycles. The SMILES string of the molecule is N#Cc1c(-c2ccccc2)cn2c(=O)n(-c3ccccc3)c(=O)[nH]c12. The molecule has 4 rings (SSSR count). The molecule has 6 nitrogen and oxygen atoms in total. The van der Waals surface area contributed by atoms with E-state index < -0.39 is 11.4 Å². The zero-order chi connectivity index (χ0) is 17.4. The van der Waals surface area contributed by atoms with Gasteiger partial charge in [-0.25, -0.2) is 14.2 Å². The normalized spacial score (nSPS) is 10.7. The van der Waals surface area contributed by atoms with Crippen LogP contribution in [0.25, 0.3) is 22.5 Å². The van der Waals surface area contributed by atoms with Crippen molar-refractivity contribution in [1.29, 1.82) is 5.26 Å². The van der Waals surface area contributed by atoms with Crippen molar-refractivity contribution >= 4 is 5.65 Å². The van der Waals surface area contributed by atoms with Crippen LogP contribution in [0.2, 0.25) is 0 Å². The van der Waals surface area contributed by atoms with E-state index in [1.54, 1.807) is 36.5 Å². The molecule has 0 aliphatic carbocycles. The Morgan fingerprint density at radius 3 is 2.20 bits per heavy atom. The summed E-state index contributed by atoms with van der Waals surface area (Å²) in [4.78, 5) is 28.0. The lowest BCUT2D eigenvalue weighted by Gasteiger charge is -2.04. The van der Waals surface area contributed by atoms with E-state index in [9.17, 15) is 14.9 Å². The Balaban J connectivity index is 2.09. The van der Waals surface area contributed by atoms with Gasteiger partial charge in [0.05, 0.1) is 5.69 Å². The molecule has 2 aromatic heterocycles. The number of nitrogens with zero attached hydrogens (tertiary/aromatic N) is 3. The number of nitriles is 1. The molecule has 120 valence electrons. The van der Waals surface area contributed by atoms with Crippen molar-refractivity contribution in [2.24, 2.45) is 0 Å². The molecule has 0 unspecified atom stereocenters. The minimum absolute atomic E-state index is 0.198. The highest BCUT2D eigenvalue weighted by molar-refractivity contribution is 5.78. The van der Waals surface area contributed by atoms with Crippen molar-refractivity contribution < 1.29 is 0 Å². The number of rotatable bonds is 2. The first-order valence-electron chi connectivity index (χ1n) is 7.62. The number of hydrogen-bond acceptors (Lipinski definition) is 3. The van der Waals surface area contributed by atoms with E-state index in [1.165, 1.54) is 4.40 Å². The molecule has 0 bridgehead atoms. The fourth-order valence-corrected chi connectivity index (χ4v) is 2.89. The molecule has 6 heteroatoms. The molecule has 0 aliphatic heterocycles. The zero-order valence-electron chi connectivity index (χ0n) is 13.0. The molecule has 0 aliphatic rings. The second-order valence-corrected chi connectivity index (χ2v) is 5.50. The quantitative estimate of drug-likeness (QED) is 0.613. The largest absolute Gasteiger partial charge is 0.342 e. The summed E-state index contributed by atoms with van der Waals surface area (Å²) in [7, 11) is 0. The Morgan fingerprint density at radius 2 is 1.56 bits per heavy atom. The fourth-order valence-electron chi connectivity index (χ4n) is 2.89. The van der Waals surface area contributed by atoms with Crippen LogP contribution in [0.5, 0.6) is 0 Å². The Labute approximate surface area is 141 Å². The van der Waals surface area contributed by atoms with Crippen LogP contribution in [0.1, 0.15) is 5.56 Å². The summed E-state index contributed by atoms with van der Waals surface area (Å²) in [5.41, 5.74) is 1.21. The molecule has 4 aromatic rings. The van der Waals surface area contributed by atoms with Crippen LogP contribution in [-0.4, -0.2) is 14.0 Å². The predicted octanol–water partition coefficient (Wildman–Crippen LogP) is 2.32. The van der Waals surface area contributed by atoms with Crippen LogP contribution in [-0.2, 0) is 0 Å². The van der Waals surface area contributed by atoms with Gasteiger partial charge in [-0.1, -0.05) is 48.5 Å². The number of fused-ring (bicyclic) bond motifs is 1. The van der Waals surface area contributed by atoms with E-state index in [4.69, 9.17) is 0 Å². The van der Waals surface area contributed by atoms with Crippen LogP contribution in [0, 0.1) is 11.3 Å². The van der Waals surface area contributed by atoms with Crippen molar-refractivity contribution in [1.82, 2.24) is 14.0 Å². The zero-order valence-corrected chi connectivity index (χ0v) is 13.0. The second kappa shape index (κ2) is 5.65. The summed E-state index contributed by atoms with van der Waals surface area (Å²) >= 11 is 0. The smallest absolute Gasteiger partial charge is 0.291 e. The van der Waals surface area contributed by atoms with Crippen molar-refractivity contribution in [2.75, 3.05) is 0 Å². The summed E-state index contributed by atoms with van der Waals surface area (Å²) in [5.74, 6) is 0. The minimum atomic E-state index is -0.585. The topological polar surface area (TPSA) is 83.1 Å². The monoisotopic (exact) mass is 328 g/mol. The maximum absolute atomic E-state index is 12.9. The molecule has 25 heavy (non-hydrogen) atoms. The number of aromatic amines is 1. The molecule has 0 fully saturated rings. The third-order valence-electron chi connectivity index (χ3n) is 4.04. The Kier molecular flexibility index (Phi) is 3.33. The van der Waals surface area contributed by atoms with Gasteiger partial charge in [-0.2, -0.15) is 5.26 Å². The van der Waals surface area contributed by atoms with Gasteiger partial charge in [-0.05, 0) is 17.7 Å². The average molecular weight is 328 g/mol. The van der Waals surface area contributed by atoms with Gasteiger partial charge in [0.2, 0.25) is 0 Å². The van der Waals surface area contributed by atoms with Gasteiger partial charge in [0.15, 0.2) is 0 Å². The average Bonchev–Trinajstić information content (AvgIpc) is 3.02. The number of para-hydroxylation sites is 1. The van der Waals surface area contributed by atoms with Crippen molar-refractivity contribution in [2.45, 2.75) is 0 Å². The highest BCUT2D eigenvalue weighted by Crippen LogP contribution is 2.26. The number of nitrogens with one attached hydrogen (secondary N) is 1. The molecular formula is C19H12N4O2. The van der Waals surface area contributed by atoms with Gasteiger partial charge >= 0.3 is 11.4 Å². The molecule has 0 spiro atoms. The Bertz CT molecular complexity index is 1230. The number of aromatic nitrogens is 3. The third kappa shape index (κ3) is 2.26. The standard InChI is InChI=1S/C19H12N4O2/c20-11-15-16(13-7-3-1-4-8-13)12-22-17(15)21-18(24)23(19(22)25)14-9-5-2-6-10-14/h1-10,12H,(H,21,24). The first-order valence-corrected chi connectivity index (χ1v) is 7.62. The highest BCUT2D eigenvalue weighted by atomic mass is 16.2. The van der Waals surface area contributed by atoms with Crippen LogP contribution in [0.4, 0.5) is 0 Å². The summed E-state index contributed by atoms with van der Waals surface area (Å²) in [6.07, 6.45) is 1.58. The lowest BCUT2D eigenvalue weighted by Crippen LogP contribution is -2.37. The highest BCUT2D eigenvalue weighted by Gasteiger charge is 2.17. The summed E-state index contributed by atoms with van der Waals surface area (Å²) in [6.45, 7) is 0. The second-order valence-electron chi connectivity index (χ2n) is 5.50. The lowest BCUT2D eigenvalue weighted by molar-refractivity contribution is 0.800. The van der Waals surface area contributed by atoms with Gasteiger partial charge in [-0.15, -0.1) is 0 Å². The Hall–Kier alpha value is -3.85. The Morgan fingerprint density at radius 1 is 0.920 bits per heavy atom. The van der Waals surface area contributed by atoms with E-state index >= 15 is 0 Å². The maximum atomic E-state index is 12.9. The van der Waals surface area contributed by atoms with Crippen LogP contribution >= 0.6 is 0 Å². The number of benzene rings is 2. The third-order valence-corrected chi connectivity index (χ3v) is 4.04. The summed E-state index contributed by atoms with van der Waals surface area (Å²) < 4.78 is 2.35. The lowest BCUT2D eigenvalue weighted by atomic mass is 10.1. The number of H-pyrrole nitrogens is 1. The maximum Gasteiger partial charge on any atom is 0.342 e. The molecular weight excluding hydrogens is 316 g/mol. The van der Waals surface area contributed by atoms with Crippen molar-refractivity contribution in [3.8, 4) is 22.9 Å². The van der Waals surface area contributed by atoms with E-state index in [0.717, 1.165) is 10.1 Å². The van der Waals surface area contributed by atoms with E-state index in [2.05, 4.69) is 11.1 Å². The van der Waals surface area contributed by atoms with Gasteiger partial charge in [-0.3, -0.25) is 9.38 Å². The van der Waals surface area contributed by atoms with Crippen molar-refractivity contribution in [3.63, 3.8) is 0 Å². The van der Waals surface area contributed by atoms with Gasteiger partial charge in [0, 0.05) is 11.8 Å². The van der Waals surface area contributed by atoms with Crippen LogP contribution < -0.4 is 11.4 Å². The molecule has 2 aromatic carbocycles. The first-order chi connectivity index (χ1) is 12.2. The van der Waals surface area contributed by atoms with Crippen molar-refractivity contribution in [3.05, 3.63) is 93.4 Å². The van der Waals surface area contributed by atoms with E-state index in [0.29, 0.717) is 11.3 Å². The van der Waals surface area contributed by atoms with Crippen LogP contribution in [0.3, 0.4) is 0 Å². The first kappa shape index (κ1) is 14.7. The van der Waals surface area contributed by atoms with Gasteiger partial charge < -0.3 is 0 Å². The van der Waals surface area contributed by atoms with Gasteiger partial charge in [0.25, 0.3) is 0 Å². The predicted molar refractivity (Wildman–Crippen MR) is 93.8 cm³/mol. The molecule has 2 heterocycles.